The molecular weight excluding hydrogens is 462 g/mol. The predicted molar refractivity (Wildman–Crippen MR) is 136 cm³/mol. The standard InChI is InChI=1S/C27H23N3O6/c1-3-7-22-12-20(13-23(17-28)21-9-6-11-25(16-21)30(33)34)15-26(35-4-2)27(22)36-18-19-8-5-10-24(14-19)29(31)32/h3,5-6,8-16H,1,4,7,18H2,2H3/b23-13-. The van der Waals surface area contributed by atoms with Gasteiger partial charge in [0.2, 0.25) is 0 Å². The highest BCUT2D eigenvalue weighted by Crippen LogP contribution is 2.36. The summed E-state index contributed by atoms with van der Waals surface area (Å²) in [6.45, 7) is 6.06. The summed E-state index contributed by atoms with van der Waals surface area (Å²) in [5, 5.41) is 32.0. The summed E-state index contributed by atoms with van der Waals surface area (Å²) in [6, 6.07) is 17.7. The van der Waals surface area contributed by atoms with E-state index in [0.717, 1.165) is 5.56 Å². The minimum absolute atomic E-state index is 0.0295. The Kier molecular flexibility index (Phi) is 8.51. The van der Waals surface area contributed by atoms with Crippen LogP contribution in [0, 0.1) is 31.6 Å². The summed E-state index contributed by atoms with van der Waals surface area (Å²) >= 11 is 0. The van der Waals surface area contributed by atoms with Crippen LogP contribution in [0.4, 0.5) is 11.4 Å². The second-order valence-electron chi connectivity index (χ2n) is 7.63. The normalized spacial score (nSPS) is 10.8. The number of allylic oxidation sites excluding steroid dienone is 2. The molecule has 0 aromatic heterocycles. The number of rotatable bonds is 11. The molecule has 0 radical (unpaired) electrons. The van der Waals surface area contributed by atoms with Crippen molar-refractivity contribution in [2.24, 2.45) is 0 Å². The van der Waals surface area contributed by atoms with Gasteiger partial charge in [-0.2, -0.15) is 5.26 Å². The van der Waals surface area contributed by atoms with Crippen LogP contribution in [0.3, 0.4) is 0 Å². The number of nitrogens with zero attached hydrogens (tertiary/aromatic N) is 3. The van der Waals surface area contributed by atoms with E-state index in [2.05, 4.69) is 12.6 Å². The van der Waals surface area contributed by atoms with Gasteiger partial charge in [0.25, 0.3) is 11.4 Å². The molecule has 0 aliphatic heterocycles. The lowest BCUT2D eigenvalue weighted by Gasteiger charge is -2.17. The van der Waals surface area contributed by atoms with Crippen molar-refractivity contribution in [3.63, 3.8) is 0 Å². The molecule has 9 heteroatoms. The molecule has 3 aromatic rings. The van der Waals surface area contributed by atoms with Gasteiger partial charge in [-0.15, -0.1) is 6.58 Å². The van der Waals surface area contributed by atoms with E-state index < -0.39 is 9.85 Å². The highest BCUT2D eigenvalue weighted by atomic mass is 16.6. The second-order valence-corrected chi connectivity index (χ2v) is 7.63. The molecule has 0 heterocycles. The molecule has 36 heavy (non-hydrogen) atoms. The summed E-state index contributed by atoms with van der Waals surface area (Å²) < 4.78 is 11.9. The average Bonchev–Trinajstić information content (AvgIpc) is 2.87. The highest BCUT2D eigenvalue weighted by Gasteiger charge is 2.15. The Morgan fingerprint density at radius 2 is 1.72 bits per heavy atom. The van der Waals surface area contributed by atoms with Crippen LogP contribution in [0.15, 0.2) is 73.3 Å². The van der Waals surface area contributed by atoms with Gasteiger partial charge in [0, 0.05) is 29.8 Å². The number of nitro benzene ring substituents is 2. The van der Waals surface area contributed by atoms with Gasteiger partial charge in [-0.3, -0.25) is 20.2 Å². The van der Waals surface area contributed by atoms with Gasteiger partial charge in [-0.1, -0.05) is 30.3 Å². The number of hydrogen-bond donors (Lipinski definition) is 0. The molecule has 0 aliphatic carbocycles. The molecule has 0 atom stereocenters. The maximum Gasteiger partial charge on any atom is 0.270 e. The smallest absolute Gasteiger partial charge is 0.270 e. The lowest BCUT2D eigenvalue weighted by molar-refractivity contribution is -0.385. The van der Waals surface area contributed by atoms with Crippen molar-refractivity contribution in [1.29, 1.82) is 5.26 Å². The fourth-order valence-electron chi connectivity index (χ4n) is 3.55. The number of nitro groups is 2. The van der Waals surface area contributed by atoms with E-state index in [0.29, 0.717) is 41.2 Å². The SMILES string of the molecule is C=CCc1cc(/C=C(/C#N)c2cccc([N+](=O)[O-])c2)cc(OCC)c1OCc1cccc([N+](=O)[O-])c1. The Morgan fingerprint density at radius 3 is 2.36 bits per heavy atom. The van der Waals surface area contributed by atoms with Crippen LogP contribution >= 0.6 is 0 Å². The maximum atomic E-state index is 11.1. The molecule has 182 valence electrons. The van der Waals surface area contributed by atoms with Crippen molar-refractivity contribution >= 4 is 23.0 Å². The Balaban J connectivity index is 2.01. The lowest BCUT2D eigenvalue weighted by atomic mass is 10.0. The zero-order valence-corrected chi connectivity index (χ0v) is 19.5. The molecule has 0 unspecified atom stereocenters. The first kappa shape index (κ1) is 25.6. The monoisotopic (exact) mass is 485 g/mol. The fraction of sp³-hybridized carbons (Fsp3) is 0.148. The van der Waals surface area contributed by atoms with Crippen molar-refractivity contribution < 1.29 is 19.3 Å². The highest BCUT2D eigenvalue weighted by molar-refractivity contribution is 5.90. The third-order valence-electron chi connectivity index (χ3n) is 5.12. The molecular formula is C27H23N3O6. The number of benzene rings is 3. The quantitative estimate of drug-likeness (QED) is 0.103. The predicted octanol–water partition coefficient (Wildman–Crippen LogP) is 6.27. The first-order valence-electron chi connectivity index (χ1n) is 11.0. The van der Waals surface area contributed by atoms with Crippen LogP contribution in [0.5, 0.6) is 11.5 Å². The van der Waals surface area contributed by atoms with E-state index >= 15 is 0 Å². The van der Waals surface area contributed by atoms with E-state index in [-0.39, 0.29) is 23.6 Å². The van der Waals surface area contributed by atoms with Gasteiger partial charge >= 0.3 is 0 Å². The largest absolute Gasteiger partial charge is 0.490 e. The first-order valence-corrected chi connectivity index (χ1v) is 11.0. The first-order chi connectivity index (χ1) is 17.4. The molecule has 0 bridgehead atoms. The van der Waals surface area contributed by atoms with Crippen molar-refractivity contribution in [3.05, 3.63) is 116 Å². The molecule has 0 spiro atoms. The van der Waals surface area contributed by atoms with Gasteiger partial charge in [0.05, 0.1) is 28.1 Å². The van der Waals surface area contributed by atoms with E-state index in [1.165, 1.54) is 30.3 Å². The average molecular weight is 485 g/mol. The molecule has 3 rings (SSSR count). The van der Waals surface area contributed by atoms with Crippen LogP contribution in [0.25, 0.3) is 11.6 Å². The Bertz CT molecular complexity index is 1370. The summed E-state index contributed by atoms with van der Waals surface area (Å²) in [6.07, 6.45) is 3.76. The van der Waals surface area contributed by atoms with Crippen molar-refractivity contribution in [3.8, 4) is 17.6 Å². The van der Waals surface area contributed by atoms with E-state index in [9.17, 15) is 25.5 Å². The summed E-state index contributed by atoms with van der Waals surface area (Å²) in [4.78, 5) is 21.2. The third-order valence-corrected chi connectivity index (χ3v) is 5.12. The zero-order valence-electron chi connectivity index (χ0n) is 19.5. The van der Waals surface area contributed by atoms with E-state index in [1.807, 2.05) is 13.0 Å². The van der Waals surface area contributed by atoms with Crippen LogP contribution in [-0.2, 0) is 13.0 Å². The minimum atomic E-state index is -0.513. The van der Waals surface area contributed by atoms with Crippen LogP contribution in [0.1, 0.15) is 29.2 Å². The Morgan fingerprint density at radius 1 is 1.03 bits per heavy atom. The van der Waals surface area contributed by atoms with Gasteiger partial charge < -0.3 is 9.47 Å². The molecule has 0 amide bonds. The number of non-ortho nitro benzene ring substituents is 2. The zero-order chi connectivity index (χ0) is 26.1. The summed E-state index contributed by atoms with van der Waals surface area (Å²) in [5.41, 5.74) is 2.53. The second kappa shape index (κ2) is 11.9. The van der Waals surface area contributed by atoms with Gasteiger partial charge in [0.1, 0.15) is 6.61 Å². The van der Waals surface area contributed by atoms with Crippen LogP contribution < -0.4 is 9.47 Å². The lowest BCUT2D eigenvalue weighted by Crippen LogP contribution is -2.04. The molecule has 9 nitrogen and oxygen atoms in total. The molecule has 0 fully saturated rings. The molecule has 3 aromatic carbocycles. The molecule has 0 saturated heterocycles. The third kappa shape index (κ3) is 6.33. The van der Waals surface area contributed by atoms with Gasteiger partial charge in [-0.05, 0) is 48.2 Å². The number of nitriles is 1. The van der Waals surface area contributed by atoms with E-state index in [1.54, 1.807) is 36.4 Å². The van der Waals surface area contributed by atoms with Crippen molar-refractivity contribution in [1.82, 2.24) is 0 Å². The van der Waals surface area contributed by atoms with Crippen LogP contribution in [0.2, 0.25) is 0 Å². The molecule has 0 N–H and O–H groups in total. The maximum absolute atomic E-state index is 11.1. The van der Waals surface area contributed by atoms with E-state index in [4.69, 9.17) is 9.47 Å². The number of hydrogen-bond acceptors (Lipinski definition) is 7. The fourth-order valence-corrected chi connectivity index (χ4v) is 3.55. The van der Waals surface area contributed by atoms with Gasteiger partial charge in [-0.25, -0.2) is 0 Å². The van der Waals surface area contributed by atoms with Gasteiger partial charge in [0.15, 0.2) is 11.5 Å². The topological polar surface area (TPSA) is 129 Å². The Hall–Kier alpha value is -4.97. The van der Waals surface area contributed by atoms with Crippen LogP contribution in [-0.4, -0.2) is 16.5 Å². The number of ether oxygens (including phenoxy) is 2. The van der Waals surface area contributed by atoms with Crippen molar-refractivity contribution in [2.45, 2.75) is 20.0 Å². The summed E-state index contributed by atoms with van der Waals surface area (Å²) in [7, 11) is 0. The molecule has 0 aliphatic rings. The summed E-state index contributed by atoms with van der Waals surface area (Å²) in [5.74, 6) is 0.902. The molecule has 0 saturated carbocycles. The van der Waals surface area contributed by atoms with Crippen molar-refractivity contribution in [2.75, 3.05) is 6.61 Å². The minimum Gasteiger partial charge on any atom is -0.490 e. The Labute approximate surface area is 207 Å².